The predicted octanol–water partition coefficient (Wildman–Crippen LogP) is 2.50. The Labute approximate surface area is 171 Å². The highest BCUT2D eigenvalue weighted by molar-refractivity contribution is 5.73. The maximum absolute atomic E-state index is 12.2. The van der Waals surface area contributed by atoms with Crippen molar-refractivity contribution < 1.29 is 19.8 Å². The Kier molecular flexibility index (Phi) is 8.48. The monoisotopic (exact) mass is 399 g/mol. The minimum Gasteiger partial charge on any atom is -0.465 e. The first-order valence-electron chi connectivity index (χ1n) is 9.58. The molecule has 0 radical (unpaired) electrons. The van der Waals surface area contributed by atoms with Gasteiger partial charge in [-0.05, 0) is 30.4 Å². The summed E-state index contributed by atoms with van der Waals surface area (Å²) >= 11 is 0. The first-order valence-corrected chi connectivity index (χ1v) is 9.58. The van der Waals surface area contributed by atoms with Crippen LogP contribution in [0, 0.1) is 0 Å². The fraction of sp³-hybridized carbons (Fsp3) is 0.364. The summed E-state index contributed by atoms with van der Waals surface area (Å²) in [5.74, 6) is 0. The van der Waals surface area contributed by atoms with Crippen LogP contribution in [-0.2, 0) is 12.8 Å². The third-order valence-corrected chi connectivity index (χ3v) is 4.66. The summed E-state index contributed by atoms with van der Waals surface area (Å²) in [6.07, 6.45) is -1.06. The number of urea groups is 1. The fourth-order valence-corrected chi connectivity index (χ4v) is 3.16. The van der Waals surface area contributed by atoms with Gasteiger partial charge in [-0.2, -0.15) is 0 Å². The number of carbonyl (C=O) groups excluding carboxylic acids is 1. The molecule has 3 atom stereocenters. The van der Waals surface area contributed by atoms with Crippen LogP contribution < -0.4 is 10.6 Å². The molecular weight excluding hydrogens is 370 g/mol. The zero-order valence-corrected chi connectivity index (χ0v) is 16.8. The molecule has 7 heteroatoms. The molecule has 0 saturated carbocycles. The van der Waals surface area contributed by atoms with E-state index in [9.17, 15) is 19.8 Å². The van der Waals surface area contributed by atoms with Gasteiger partial charge in [-0.1, -0.05) is 60.7 Å². The number of carboxylic acid groups (broad SMARTS) is 1. The summed E-state index contributed by atoms with van der Waals surface area (Å²) in [6, 6.07) is 17.8. The molecule has 156 valence electrons. The number of aliphatic hydroxyl groups is 1. The van der Waals surface area contributed by atoms with Crippen LogP contribution in [0.4, 0.5) is 9.59 Å². The summed E-state index contributed by atoms with van der Waals surface area (Å²) < 4.78 is 0. The summed E-state index contributed by atoms with van der Waals surface area (Å²) in [4.78, 5) is 24.9. The number of rotatable bonds is 9. The summed E-state index contributed by atoms with van der Waals surface area (Å²) in [6.45, 7) is 0. The standard InChI is InChI=1S/C22H29N3O4/c1-25(2)21(27)23-18(13-16-9-5-3-6-10-16)15-20(26)19(24-22(28)29)14-17-11-7-4-8-12-17/h3-12,18-20,24,26H,13-15H2,1-2H3,(H,23,27)(H,28,29)/t18-,19-,20+/m0/s1. The van der Waals surface area contributed by atoms with Gasteiger partial charge in [0.25, 0.3) is 0 Å². The van der Waals surface area contributed by atoms with Crippen molar-refractivity contribution in [3.05, 3.63) is 71.8 Å². The maximum atomic E-state index is 12.2. The fourth-order valence-electron chi connectivity index (χ4n) is 3.16. The van der Waals surface area contributed by atoms with Crippen molar-refractivity contribution in [2.75, 3.05) is 14.1 Å². The lowest BCUT2D eigenvalue weighted by atomic mass is 9.94. The molecule has 0 saturated heterocycles. The van der Waals surface area contributed by atoms with E-state index in [4.69, 9.17) is 0 Å². The van der Waals surface area contributed by atoms with Gasteiger partial charge in [-0.3, -0.25) is 0 Å². The Balaban J connectivity index is 2.13. The van der Waals surface area contributed by atoms with E-state index in [2.05, 4.69) is 10.6 Å². The quantitative estimate of drug-likeness (QED) is 0.520. The van der Waals surface area contributed by atoms with E-state index in [0.29, 0.717) is 12.8 Å². The molecule has 0 heterocycles. The van der Waals surface area contributed by atoms with E-state index in [1.54, 1.807) is 14.1 Å². The second-order valence-corrected chi connectivity index (χ2v) is 7.28. The summed E-state index contributed by atoms with van der Waals surface area (Å²) in [5.41, 5.74) is 1.94. The smallest absolute Gasteiger partial charge is 0.404 e. The average molecular weight is 399 g/mol. The first kappa shape index (κ1) is 22.2. The number of nitrogens with zero attached hydrogens (tertiary/aromatic N) is 1. The zero-order valence-electron chi connectivity index (χ0n) is 16.8. The Morgan fingerprint density at radius 1 is 0.897 bits per heavy atom. The normalized spacial score (nSPS) is 13.8. The third-order valence-electron chi connectivity index (χ3n) is 4.66. The number of nitrogens with one attached hydrogen (secondary N) is 2. The summed E-state index contributed by atoms with van der Waals surface area (Å²) in [5, 5.41) is 25.4. The molecule has 0 spiro atoms. The van der Waals surface area contributed by atoms with Crippen molar-refractivity contribution in [1.29, 1.82) is 0 Å². The maximum Gasteiger partial charge on any atom is 0.404 e. The van der Waals surface area contributed by atoms with Crippen LogP contribution in [0.3, 0.4) is 0 Å². The topological polar surface area (TPSA) is 102 Å². The van der Waals surface area contributed by atoms with Gasteiger partial charge < -0.3 is 25.7 Å². The summed E-state index contributed by atoms with van der Waals surface area (Å²) in [7, 11) is 3.30. The predicted molar refractivity (Wildman–Crippen MR) is 112 cm³/mol. The number of aliphatic hydroxyl groups excluding tert-OH is 1. The van der Waals surface area contributed by atoms with E-state index in [1.807, 2.05) is 60.7 Å². The number of carbonyl (C=O) groups is 2. The highest BCUT2D eigenvalue weighted by Gasteiger charge is 2.26. The highest BCUT2D eigenvalue weighted by atomic mass is 16.4. The van der Waals surface area contributed by atoms with Crippen molar-refractivity contribution in [2.24, 2.45) is 0 Å². The molecular formula is C22H29N3O4. The Hall–Kier alpha value is -3.06. The molecule has 2 rings (SSSR count). The second-order valence-electron chi connectivity index (χ2n) is 7.28. The minimum atomic E-state index is -1.19. The zero-order chi connectivity index (χ0) is 21.2. The Morgan fingerprint density at radius 3 is 1.90 bits per heavy atom. The van der Waals surface area contributed by atoms with Crippen molar-refractivity contribution in [1.82, 2.24) is 15.5 Å². The number of amides is 3. The van der Waals surface area contributed by atoms with E-state index >= 15 is 0 Å². The Bertz CT molecular complexity index is 768. The van der Waals surface area contributed by atoms with Gasteiger partial charge in [-0.15, -0.1) is 0 Å². The van der Waals surface area contributed by atoms with E-state index < -0.39 is 18.2 Å². The van der Waals surface area contributed by atoms with Crippen molar-refractivity contribution in [2.45, 2.75) is 37.5 Å². The molecule has 2 aromatic carbocycles. The van der Waals surface area contributed by atoms with Crippen LogP contribution >= 0.6 is 0 Å². The van der Waals surface area contributed by atoms with Crippen LogP contribution in [0.25, 0.3) is 0 Å². The molecule has 0 bridgehead atoms. The molecule has 0 aromatic heterocycles. The molecule has 0 unspecified atom stereocenters. The average Bonchev–Trinajstić information content (AvgIpc) is 2.68. The van der Waals surface area contributed by atoms with Crippen LogP contribution in [0.5, 0.6) is 0 Å². The van der Waals surface area contributed by atoms with Gasteiger partial charge in [-0.25, -0.2) is 9.59 Å². The molecule has 4 N–H and O–H groups in total. The van der Waals surface area contributed by atoms with E-state index in [1.165, 1.54) is 4.90 Å². The minimum absolute atomic E-state index is 0.215. The van der Waals surface area contributed by atoms with Crippen LogP contribution in [0.1, 0.15) is 17.5 Å². The number of hydrogen-bond acceptors (Lipinski definition) is 3. The molecule has 29 heavy (non-hydrogen) atoms. The van der Waals surface area contributed by atoms with E-state index in [-0.39, 0.29) is 18.5 Å². The molecule has 2 aromatic rings. The molecule has 7 nitrogen and oxygen atoms in total. The Morgan fingerprint density at radius 2 is 1.41 bits per heavy atom. The third kappa shape index (κ3) is 7.83. The van der Waals surface area contributed by atoms with Crippen molar-refractivity contribution >= 4 is 12.1 Å². The number of benzene rings is 2. The lowest BCUT2D eigenvalue weighted by Crippen LogP contribution is -2.49. The van der Waals surface area contributed by atoms with Crippen LogP contribution in [0.2, 0.25) is 0 Å². The van der Waals surface area contributed by atoms with Crippen LogP contribution in [0.15, 0.2) is 60.7 Å². The highest BCUT2D eigenvalue weighted by Crippen LogP contribution is 2.14. The largest absolute Gasteiger partial charge is 0.465 e. The van der Waals surface area contributed by atoms with Crippen molar-refractivity contribution in [3.8, 4) is 0 Å². The lowest BCUT2D eigenvalue weighted by molar-refractivity contribution is 0.101. The number of hydrogen-bond donors (Lipinski definition) is 4. The molecule has 0 aliphatic heterocycles. The van der Waals surface area contributed by atoms with Crippen LogP contribution in [-0.4, -0.2) is 59.5 Å². The molecule has 0 aliphatic carbocycles. The molecule has 3 amide bonds. The van der Waals surface area contributed by atoms with Gasteiger partial charge in [0.05, 0.1) is 12.1 Å². The molecule has 0 aliphatic rings. The van der Waals surface area contributed by atoms with Gasteiger partial charge >= 0.3 is 12.1 Å². The second kappa shape index (κ2) is 11.1. The van der Waals surface area contributed by atoms with E-state index in [0.717, 1.165) is 11.1 Å². The SMILES string of the molecule is CN(C)C(=O)N[C@@H](Cc1ccccc1)C[C@@H](O)[C@H](Cc1ccccc1)NC(=O)O. The first-order chi connectivity index (χ1) is 13.8. The van der Waals surface area contributed by atoms with Gasteiger partial charge in [0.15, 0.2) is 0 Å². The lowest BCUT2D eigenvalue weighted by Gasteiger charge is -2.28. The van der Waals surface area contributed by atoms with Gasteiger partial charge in [0, 0.05) is 20.1 Å². The van der Waals surface area contributed by atoms with Gasteiger partial charge in [0.2, 0.25) is 0 Å². The van der Waals surface area contributed by atoms with Gasteiger partial charge in [0.1, 0.15) is 0 Å². The van der Waals surface area contributed by atoms with Crippen molar-refractivity contribution in [3.63, 3.8) is 0 Å². The molecule has 0 fully saturated rings.